The highest BCUT2D eigenvalue weighted by Gasteiger charge is 2.63. The summed E-state index contributed by atoms with van der Waals surface area (Å²) in [4.78, 5) is 28.5. The van der Waals surface area contributed by atoms with E-state index >= 15 is 0 Å². The lowest BCUT2D eigenvalue weighted by atomic mass is 9.85. The number of ether oxygens (including phenoxy) is 1. The Morgan fingerprint density at radius 1 is 1.25 bits per heavy atom. The summed E-state index contributed by atoms with van der Waals surface area (Å²) < 4.78 is 18.4. The van der Waals surface area contributed by atoms with Crippen molar-refractivity contribution in [3.05, 3.63) is 11.8 Å². The van der Waals surface area contributed by atoms with Gasteiger partial charge in [-0.15, -0.1) is 10.2 Å². The van der Waals surface area contributed by atoms with Crippen molar-refractivity contribution in [2.24, 2.45) is 5.41 Å². The second kappa shape index (κ2) is 8.69. The summed E-state index contributed by atoms with van der Waals surface area (Å²) in [5.74, 6) is 0.604. The highest BCUT2D eigenvalue weighted by Crippen LogP contribution is 2.61. The SMILES string of the molecule is CN(C[C@H](O[Si](C)(C)C(C)(C)C)c1nnc([C@@H]2CC3(CC3)[C@@H]3CN2C(=O)N3O)o1)C(=O)OC(C)(C)C. The minimum atomic E-state index is -2.29. The summed E-state index contributed by atoms with van der Waals surface area (Å²) in [7, 11) is -0.630. The molecule has 3 heterocycles. The van der Waals surface area contributed by atoms with E-state index in [1.807, 2.05) is 20.8 Å². The van der Waals surface area contributed by atoms with E-state index in [-0.39, 0.29) is 28.9 Å². The number of hydroxylamine groups is 2. The van der Waals surface area contributed by atoms with Gasteiger partial charge in [-0.05, 0) is 63.6 Å². The van der Waals surface area contributed by atoms with Crippen LogP contribution in [0, 0.1) is 5.41 Å². The molecule has 36 heavy (non-hydrogen) atoms. The maximum atomic E-state index is 12.7. The third-order valence-electron chi connectivity index (χ3n) is 8.09. The minimum absolute atomic E-state index is 0.0815. The Bertz CT molecular complexity index is 1010. The molecule has 1 aromatic rings. The molecule has 2 bridgehead atoms. The monoisotopic (exact) mass is 523 g/mol. The Balaban J connectivity index is 1.59. The van der Waals surface area contributed by atoms with E-state index in [0.717, 1.165) is 17.9 Å². The normalized spacial score (nSPS) is 24.3. The van der Waals surface area contributed by atoms with Crippen LogP contribution in [-0.2, 0) is 9.16 Å². The number of piperidine rings is 1. The molecule has 3 aliphatic rings. The summed E-state index contributed by atoms with van der Waals surface area (Å²) in [6.07, 6.45) is 1.48. The molecule has 4 rings (SSSR count). The molecule has 1 aromatic heterocycles. The van der Waals surface area contributed by atoms with Crippen LogP contribution in [-0.4, -0.2) is 82.5 Å². The van der Waals surface area contributed by atoms with Crippen molar-refractivity contribution >= 4 is 20.4 Å². The molecule has 1 N–H and O–H groups in total. The van der Waals surface area contributed by atoms with Crippen LogP contribution in [0.2, 0.25) is 18.1 Å². The van der Waals surface area contributed by atoms with Gasteiger partial charge in [0.2, 0.25) is 11.8 Å². The standard InChI is InChI=1S/C24H41N5O6Si/c1-22(2,3)34-21(31)27(7)13-16(35-36(8,9)23(4,5)6)19-26-25-18(33-19)15-12-24(10-11-24)17-14-28(15)20(30)29(17)32/h15-17,32H,10-14H2,1-9H3/t15-,16-,17-/m0/s1. The molecule has 2 aliphatic heterocycles. The van der Waals surface area contributed by atoms with Gasteiger partial charge in [0.25, 0.3) is 0 Å². The molecular formula is C24H41N5O6Si. The van der Waals surface area contributed by atoms with Crippen LogP contribution in [0.1, 0.15) is 84.7 Å². The Morgan fingerprint density at radius 3 is 2.44 bits per heavy atom. The molecule has 11 nitrogen and oxygen atoms in total. The maximum absolute atomic E-state index is 12.7. The molecule has 12 heteroatoms. The third-order valence-corrected chi connectivity index (χ3v) is 12.6. The van der Waals surface area contributed by atoms with E-state index in [1.165, 1.54) is 4.90 Å². The van der Waals surface area contributed by atoms with Gasteiger partial charge in [-0.2, -0.15) is 0 Å². The summed E-state index contributed by atoms with van der Waals surface area (Å²) >= 11 is 0. The molecule has 3 atom stereocenters. The lowest BCUT2D eigenvalue weighted by Gasteiger charge is -2.39. The zero-order chi connectivity index (χ0) is 26.8. The average Bonchev–Trinajstić information content (AvgIpc) is 3.22. The molecule has 0 aromatic carbocycles. The van der Waals surface area contributed by atoms with Crippen LogP contribution >= 0.6 is 0 Å². The van der Waals surface area contributed by atoms with Gasteiger partial charge in [0.15, 0.2) is 8.32 Å². The summed E-state index contributed by atoms with van der Waals surface area (Å²) in [5.41, 5.74) is -0.718. The van der Waals surface area contributed by atoms with Crippen LogP contribution in [0.5, 0.6) is 0 Å². The topological polar surface area (TPSA) is 121 Å². The van der Waals surface area contributed by atoms with E-state index in [9.17, 15) is 14.8 Å². The van der Waals surface area contributed by atoms with Gasteiger partial charge in [0, 0.05) is 13.6 Å². The summed E-state index contributed by atoms with van der Waals surface area (Å²) in [6.45, 7) is 16.8. The van der Waals surface area contributed by atoms with E-state index in [0.29, 0.717) is 18.9 Å². The first kappa shape index (κ1) is 26.9. The third kappa shape index (κ3) is 4.99. The zero-order valence-electron chi connectivity index (χ0n) is 23.0. The number of carbonyl (C=O) groups excluding carboxylic acids is 2. The molecule has 3 fully saturated rings. The van der Waals surface area contributed by atoms with Gasteiger partial charge in [0.1, 0.15) is 17.7 Å². The predicted octanol–water partition coefficient (Wildman–Crippen LogP) is 4.72. The quantitative estimate of drug-likeness (QED) is 0.420. The van der Waals surface area contributed by atoms with E-state index < -0.39 is 38.2 Å². The first-order valence-corrected chi connectivity index (χ1v) is 15.6. The zero-order valence-corrected chi connectivity index (χ0v) is 24.0. The lowest BCUT2D eigenvalue weighted by molar-refractivity contribution is -0.0783. The van der Waals surface area contributed by atoms with Crippen molar-refractivity contribution in [1.29, 1.82) is 0 Å². The lowest BCUT2D eigenvalue weighted by Crippen LogP contribution is -2.45. The number of fused-ring (bicyclic) bond motifs is 3. The highest BCUT2D eigenvalue weighted by atomic mass is 28.4. The Labute approximate surface area is 214 Å². The van der Waals surface area contributed by atoms with E-state index in [2.05, 4.69) is 44.1 Å². The highest BCUT2D eigenvalue weighted by molar-refractivity contribution is 6.74. The van der Waals surface area contributed by atoms with Crippen LogP contribution in [0.25, 0.3) is 0 Å². The average molecular weight is 524 g/mol. The number of nitrogens with zero attached hydrogens (tertiary/aromatic N) is 5. The Kier molecular flexibility index (Phi) is 6.49. The van der Waals surface area contributed by atoms with Gasteiger partial charge >= 0.3 is 12.1 Å². The van der Waals surface area contributed by atoms with E-state index in [4.69, 9.17) is 13.6 Å². The minimum Gasteiger partial charge on any atom is -0.444 e. The second-order valence-corrected chi connectivity index (χ2v) is 17.8. The number of likely N-dealkylation sites (N-methyl/N-ethyl adjacent to an activating group) is 1. The number of carbonyl (C=O) groups is 2. The van der Waals surface area contributed by atoms with Gasteiger partial charge in [-0.1, -0.05) is 20.8 Å². The molecule has 2 saturated heterocycles. The first-order valence-electron chi connectivity index (χ1n) is 12.7. The Morgan fingerprint density at radius 2 is 1.89 bits per heavy atom. The number of hydrogen-bond donors (Lipinski definition) is 1. The number of aromatic nitrogens is 2. The maximum Gasteiger partial charge on any atom is 0.410 e. The van der Waals surface area contributed by atoms with Crippen LogP contribution in [0.4, 0.5) is 9.59 Å². The Hall–Kier alpha value is -2.18. The van der Waals surface area contributed by atoms with Crippen molar-refractivity contribution in [2.45, 2.75) is 103 Å². The molecule has 1 saturated carbocycles. The van der Waals surface area contributed by atoms with Crippen LogP contribution in [0.15, 0.2) is 4.42 Å². The smallest absolute Gasteiger partial charge is 0.410 e. The number of amides is 3. The van der Waals surface area contributed by atoms with Crippen LogP contribution in [0.3, 0.4) is 0 Å². The molecule has 3 amide bonds. The molecule has 202 valence electrons. The van der Waals surface area contributed by atoms with Gasteiger partial charge in [-0.25, -0.2) is 14.7 Å². The van der Waals surface area contributed by atoms with E-state index in [1.54, 1.807) is 11.9 Å². The molecular weight excluding hydrogens is 482 g/mol. The fourth-order valence-electron chi connectivity index (χ4n) is 4.74. The van der Waals surface area contributed by atoms with Crippen LogP contribution < -0.4 is 0 Å². The van der Waals surface area contributed by atoms with Crippen molar-refractivity contribution < 1.29 is 28.4 Å². The number of hydrogen-bond acceptors (Lipinski definition) is 8. The number of urea groups is 1. The second-order valence-electron chi connectivity index (χ2n) is 13.1. The molecule has 0 radical (unpaired) electrons. The fraction of sp³-hybridized carbons (Fsp3) is 0.833. The first-order chi connectivity index (χ1) is 16.4. The van der Waals surface area contributed by atoms with Crippen molar-refractivity contribution in [3.8, 4) is 0 Å². The van der Waals surface area contributed by atoms with Gasteiger partial charge in [-0.3, -0.25) is 5.21 Å². The fourth-order valence-corrected chi connectivity index (χ4v) is 5.98. The van der Waals surface area contributed by atoms with Gasteiger partial charge < -0.3 is 23.4 Å². The predicted molar refractivity (Wildman–Crippen MR) is 133 cm³/mol. The molecule has 1 spiro atoms. The molecule has 1 aliphatic carbocycles. The van der Waals surface area contributed by atoms with Crippen molar-refractivity contribution in [1.82, 2.24) is 25.1 Å². The van der Waals surface area contributed by atoms with Gasteiger partial charge in [0.05, 0.1) is 12.6 Å². The molecule has 0 unspecified atom stereocenters. The summed E-state index contributed by atoms with van der Waals surface area (Å²) in [6, 6.07) is -1.00. The largest absolute Gasteiger partial charge is 0.444 e. The number of rotatable bonds is 6. The van der Waals surface area contributed by atoms with Crippen molar-refractivity contribution in [2.75, 3.05) is 20.1 Å². The van der Waals surface area contributed by atoms with Crippen molar-refractivity contribution in [3.63, 3.8) is 0 Å². The summed E-state index contributed by atoms with van der Waals surface area (Å²) in [5, 5.41) is 19.8.